The number of hydrogen-bond acceptors (Lipinski definition) is 3. The second-order valence-corrected chi connectivity index (χ2v) is 5.05. The quantitative estimate of drug-likeness (QED) is 0.836. The molecule has 16 heavy (non-hydrogen) atoms. The van der Waals surface area contributed by atoms with Crippen LogP contribution in [0.15, 0.2) is 12.4 Å². The Hall–Kier alpha value is -1.03. The topological polar surface area (TPSA) is 39.1 Å². The number of nitrogens with zero attached hydrogens (tertiary/aromatic N) is 2. The first-order valence-corrected chi connectivity index (χ1v) is 5.83. The molecule has 1 atom stereocenters. The summed E-state index contributed by atoms with van der Waals surface area (Å²) in [5.74, 6) is 0. The highest BCUT2D eigenvalue weighted by molar-refractivity contribution is 5.39. The molecule has 1 heterocycles. The van der Waals surface area contributed by atoms with Crippen LogP contribution in [0.2, 0.25) is 0 Å². The Morgan fingerprint density at radius 2 is 2.19 bits per heavy atom. The van der Waals surface area contributed by atoms with Crippen LogP contribution in [0.5, 0.6) is 0 Å². The molecule has 92 valence electrons. The Balaban J connectivity index is 2.52. The maximum absolute atomic E-state index is 5.35. The molecule has 0 aliphatic rings. The highest BCUT2D eigenvalue weighted by Gasteiger charge is 2.14. The van der Waals surface area contributed by atoms with E-state index in [0.717, 1.165) is 18.9 Å². The van der Waals surface area contributed by atoms with Gasteiger partial charge in [-0.2, -0.15) is 5.10 Å². The first-order chi connectivity index (χ1) is 7.43. The Kier molecular flexibility index (Phi) is 4.35. The van der Waals surface area contributed by atoms with Crippen LogP contribution in [0.4, 0.5) is 5.69 Å². The summed E-state index contributed by atoms with van der Waals surface area (Å²) >= 11 is 0. The van der Waals surface area contributed by atoms with E-state index in [-0.39, 0.29) is 5.54 Å². The van der Waals surface area contributed by atoms with E-state index < -0.39 is 0 Å². The van der Waals surface area contributed by atoms with E-state index >= 15 is 0 Å². The predicted molar refractivity (Wildman–Crippen MR) is 66.8 cm³/mol. The van der Waals surface area contributed by atoms with Gasteiger partial charge in [0.25, 0.3) is 0 Å². The van der Waals surface area contributed by atoms with E-state index in [1.54, 1.807) is 0 Å². The highest BCUT2D eigenvalue weighted by Crippen LogP contribution is 2.16. The van der Waals surface area contributed by atoms with Crippen molar-refractivity contribution in [2.24, 2.45) is 0 Å². The van der Waals surface area contributed by atoms with Crippen molar-refractivity contribution in [3.8, 4) is 0 Å². The van der Waals surface area contributed by atoms with Gasteiger partial charge in [-0.1, -0.05) is 0 Å². The molecule has 1 unspecified atom stereocenters. The molecule has 0 saturated carbocycles. The standard InChI is InChI=1S/C12H23N3O/c1-6-16-9-10(2)14-11-7-13-15(8-11)12(3,4)5/h7-8,10,14H,6,9H2,1-5H3. The van der Waals surface area contributed by atoms with Crippen molar-refractivity contribution in [1.82, 2.24) is 9.78 Å². The zero-order valence-corrected chi connectivity index (χ0v) is 10.9. The number of nitrogens with one attached hydrogen (secondary N) is 1. The van der Waals surface area contributed by atoms with Gasteiger partial charge in [0.05, 0.1) is 24.0 Å². The molecule has 0 amide bonds. The summed E-state index contributed by atoms with van der Waals surface area (Å²) in [6, 6.07) is 0.303. The second-order valence-electron chi connectivity index (χ2n) is 5.05. The Morgan fingerprint density at radius 1 is 1.50 bits per heavy atom. The third-order valence-corrected chi connectivity index (χ3v) is 2.25. The molecule has 0 aliphatic carbocycles. The molecule has 4 nitrogen and oxygen atoms in total. The van der Waals surface area contributed by atoms with E-state index in [0.29, 0.717) is 6.04 Å². The lowest BCUT2D eigenvalue weighted by Gasteiger charge is -2.19. The molecule has 1 aromatic heterocycles. The van der Waals surface area contributed by atoms with Crippen molar-refractivity contribution in [2.45, 2.75) is 46.2 Å². The van der Waals surface area contributed by atoms with Gasteiger partial charge in [-0.25, -0.2) is 0 Å². The van der Waals surface area contributed by atoms with Crippen LogP contribution < -0.4 is 5.32 Å². The van der Waals surface area contributed by atoms with Crippen LogP contribution in [0, 0.1) is 0 Å². The van der Waals surface area contributed by atoms with Crippen molar-refractivity contribution in [3.05, 3.63) is 12.4 Å². The summed E-state index contributed by atoms with van der Waals surface area (Å²) in [6.45, 7) is 12.0. The van der Waals surface area contributed by atoms with E-state index in [2.05, 4.69) is 38.1 Å². The summed E-state index contributed by atoms with van der Waals surface area (Å²) in [5.41, 5.74) is 1.07. The highest BCUT2D eigenvalue weighted by atomic mass is 16.5. The second kappa shape index (κ2) is 5.34. The lowest BCUT2D eigenvalue weighted by atomic mass is 10.1. The van der Waals surface area contributed by atoms with Crippen molar-refractivity contribution in [1.29, 1.82) is 0 Å². The van der Waals surface area contributed by atoms with Crippen LogP contribution in [-0.4, -0.2) is 29.0 Å². The number of aromatic nitrogens is 2. The number of anilines is 1. The van der Waals surface area contributed by atoms with Crippen LogP contribution in [0.25, 0.3) is 0 Å². The molecule has 0 aliphatic heterocycles. The first-order valence-electron chi connectivity index (χ1n) is 5.83. The molecular formula is C12H23N3O. The molecule has 0 radical (unpaired) electrons. The molecule has 0 bridgehead atoms. The van der Waals surface area contributed by atoms with Gasteiger partial charge in [-0.05, 0) is 34.6 Å². The Bertz CT molecular complexity index is 314. The van der Waals surface area contributed by atoms with Gasteiger partial charge >= 0.3 is 0 Å². The summed E-state index contributed by atoms with van der Waals surface area (Å²) in [6.07, 6.45) is 3.89. The van der Waals surface area contributed by atoms with Crippen LogP contribution in [0.1, 0.15) is 34.6 Å². The molecule has 1 N–H and O–H groups in total. The van der Waals surface area contributed by atoms with E-state index in [4.69, 9.17) is 4.74 Å². The minimum Gasteiger partial charge on any atom is -0.380 e. The Labute approximate surface area is 98.0 Å². The zero-order valence-electron chi connectivity index (χ0n) is 10.9. The lowest BCUT2D eigenvalue weighted by Crippen LogP contribution is -2.23. The van der Waals surface area contributed by atoms with Crippen molar-refractivity contribution >= 4 is 5.69 Å². The SMILES string of the molecule is CCOCC(C)Nc1cnn(C(C)(C)C)c1. The molecule has 0 aromatic carbocycles. The Morgan fingerprint density at radius 3 is 2.69 bits per heavy atom. The van der Waals surface area contributed by atoms with Gasteiger partial charge in [-0.3, -0.25) is 4.68 Å². The van der Waals surface area contributed by atoms with Crippen LogP contribution in [0.3, 0.4) is 0 Å². The van der Waals surface area contributed by atoms with Crippen molar-refractivity contribution < 1.29 is 4.74 Å². The van der Waals surface area contributed by atoms with Crippen LogP contribution in [-0.2, 0) is 10.3 Å². The summed E-state index contributed by atoms with van der Waals surface area (Å²) < 4.78 is 7.31. The molecule has 1 rings (SSSR count). The third kappa shape index (κ3) is 3.85. The molecule has 0 fully saturated rings. The third-order valence-electron chi connectivity index (χ3n) is 2.25. The van der Waals surface area contributed by atoms with Gasteiger partial charge in [0.15, 0.2) is 0 Å². The van der Waals surface area contributed by atoms with E-state index in [1.807, 2.05) is 24.0 Å². The maximum Gasteiger partial charge on any atom is 0.0729 e. The molecule has 0 saturated heterocycles. The number of rotatable bonds is 5. The van der Waals surface area contributed by atoms with Gasteiger partial charge in [0.2, 0.25) is 0 Å². The smallest absolute Gasteiger partial charge is 0.0729 e. The number of ether oxygens (including phenoxy) is 1. The minimum absolute atomic E-state index is 0.0308. The van der Waals surface area contributed by atoms with Gasteiger partial charge in [-0.15, -0.1) is 0 Å². The summed E-state index contributed by atoms with van der Waals surface area (Å²) in [7, 11) is 0. The normalized spacial score (nSPS) is 13.8. The molecular weight excluding hydrogens is 202 g/mol. The average Bonchev–Trinajstić information content (AvgIpc) is 2.62. The van der Waals surface area contributed by atoms with Gasteiger partial charge in [0.1, 0.15) is 0 Å². The van der Waals surface area contributed by atoms with Crippen molar-refractivity contribution in [2.75, 3.05) is 18.5 Å². The van der Waals surface area contributed by atoms with E-state index in [9.17, 15) is 0 Å². The lowest BCUT2D eigenvalue weighted by molar-refractivity contribution is 0.141. The summed E-state index contributed by atoms with van der Waals surface area (Å²) in [4.78, 5) is 0. The molecule has 0 spiro atoms. The fourth-order valence-corrected chi connectivity index (χ4v) is 1.39. The fraction of sp³-hybridized carbons (Fsp3) is 0.750. The molecule has 4 heteroatoms. The summed E-state index contributed by atoms with van der Waals surface area (Å²) in [5, 5.41) is 7.69. The predicted octanol–water partition coefficient (Wildman–Crippen LogP) is 2.48. The van der Waals surface area contributed by atoms with Gasteiger partial charge < -0.3 is 10.1 Å². The monoisotopic (exact) mass is 225 g/mol. The van der Waals surface area contributed by atoms with Gasteiger partial charge in [0, 0.05) is 18.8 Å². The number of hydrogen-bond donors (Lipinski definition) is 1. The minimum atomic E-state index is 0.0308. The first kappa shape index (κ1) is 13.0. The largest absolute Gasteiger partial charge is 0.380 e. The van der Waals surface area contributed by atoms with Crippen molar-refractivity contribution in [3.63, 3.8) is 0 Å². The fourth-order valence-electron chi connectivity index (χ4n) is 1.39. The average molecular weight is 225 g/mol. The maximum atomic E-state index is 5.35. The van der Waals surface area contributed by atoms with Crippen LogP contribution >= 0.6 is 0 Å². The zero-order chi connectivity index (χ0) is 12.2. The molecule has 1 aromatic rings. The van der Waals surface area contributed by atoms with E-state index in [1.165, 1.54) is 0 Å².